The fourth-order valence-corrected chi connectivity index (χ4v) is 3.73. The standard InChI is InChI=1S/C20H19NO4/c1-12-19(22)25-13(2)21(12)20(23)24-11-18-16-9-5-3-7-14(16)15-8-4-6-10-17(15)18/h3-10,12-13,18H,11H2,1-2H3/t12-,13?/m0/s1. The van der Waals surface area contributed by atoms with Gasteiger partial charge in [0.15, 0.2) is 6.23 Å². The molecule has 1 heterocycles. The highest BCUT2D eigenvalue weighted by Gasteiger charge is 2.41. The predicted molar refractivity (Wildman–Crippen MR) is 91.9 cm³/mol. The van der Waals surface area contributed by atoms with Crippen molar-refractivity contribution in [2.75, 3.05) is 6.61 Å². The molecule has 0 aromatic heterocycles. The second-order valence-electron chi connectivity index (χ2n) is 6.42. The number of cyclic esters (lactones) is 1. The molecular formula is C20H19NO4. The molecule has 1 aliphatic carbocycles. The number of carbonyl (C=O) groups is 2. The monoisotopic (exact) mass is 337 g/mol. The summed E-state index contributed by atoms with van der Waals surface area (Å²) < 4.78 is 10.6. The molecule has 2 aliphatic rings. The Morgan fingerprint density at radius 1 is 1.04 bits per heavy atom. The maximum absolute atomic E-state index is 12.5. The van der Waals surface area contributed by atoms with Crippen molar-refractivity contribution in [3.05, 3.63) is 59.7 Å². The van der Waals surface area contributed by atoms with E-state index in [1.54, 1.807) is 13.8 Å². The van der Waals surface area contributed by atoms with Crippen molar-refractivity contribution < 1.29 is 19.1 Å². The van der Waals surface area contributed by atoms with Crippen LogP contribution >= 0.6 is 0 Å². The molecule has 0 spiro atoms. The summed E-state index contributed by atoms with van der Waals surface area (Å²) >= 11 is 0. The summed E-state index contributed by atoms with van der Waals surface area (Å²) in [7, 11) is 0. The van der Waals surface area contributed by atoms with Crippen molar-refractivity contribution >= 4 is 12.1 Å². The van der Waals surface area contributed by atoms with E-state index in [-0.39, 0.29) is 12.5 Å². The van der Waals surface area contributed by atoms with E-state index >= 15 is 0 Å². The van der Waals surface area contributed by atoms with E-state index in [0.29, 0.717) is 0 Å². The van der Waals surface area contributed by atoms with Crippen molar-refractivity contribution in [1.29, 1.82) is 0 Å². The Hall–Kier alpha value is -2.82. The van der Waals surface area contributed by atoms with Crippen LogP contribution in [0.25, 0.3) is 11.1 Å². The van der Waals surface area contributed by atoms with E-state index < -0.39 is 24.3 Å². The molecule has 128 valence electrons. The van der Waals surface area contributed by atoms with Crippen LogP contribution in [0.4, 0.5) is 4.79 Å². The number of fused-ring (bicyclic) bond motifs is 3. The minimum absolute atomic E-state index is 0.00110. The molecule has 5 heteroatoms. The van der Waals surface area contributed by atoms with Gasteiger partial charge in [0.2, 0.25) is 0 Å². The molecule has 0 bridgehead atoms. The van der Waals surface area contributed by atoms with Gasteiger partial charge in [-0.25, -0.2) is 9.59 Å². The van der Waals surface area contributed by atoms with Crippen LogP contribution < -0.4 is 0 Å². The van der Waals surface area contributed by atoms with Crippen LogP contribution in [0.15, 0.2) is 48.5 Å². The molecule has 1 unspecified atom stereocenters. The quantitative estimate of drug-likeness (QED) is 0.787. The minimum atomic E-state index is -0.620. The van der Waals surface area contributed by atoms with Crippen LogP contribution in [0.2, 0.25) is 0 Å². The Bertz CT molecular complexity index is 802. The second-order valence-corrected chi connectivity index (χ2v) is 6.42. The van der Waals surface area contributed by atoms with Crippen molar-refractivity contribution in [1.82, 2.24) is 4.90 Å². The zero-order valence-corrected chi connectivity index (χ0v) is 14.1. The fourth-order valence-electron chi connectivity index (χ4n) is 3.73. The molecule has 0 radical (unpaired) electrons. The highest BCUT2D eigenvalue weighted by Crippen LogP contribution is 2.44. The summed E-state index contributed by atoms with van der Waals surface area (Å²) in [6, 6.07) is 15.7. The summed E-state index contributed by atoms with van der Waals surface area (Å²) in [5.74, 6) is -0.401. The van der Waals surface area contributed by atoms with Crippen LogP contribution in [0.5, 0.6) is 0 Å². The van der Waals surface area contributed by atoms with Crippen molar-refractivity contribution in [3.8, 4) is 11.1 Å². The average molecular weight is 337 g/mol. The molecule has 4 rings (SSSR count). The molecule has 2 aromatic rings. The number of ether oxygens (including phenoxy) is 2. The number of carbonyl (C=O) groups excluding carboxylic acids is 2. The van der Waals surface area contributed by atoms with Crippen molar-refractivity contribution in [2.24, 2.45) is 0 Å². The molecule has 5 nitrogen and oxygen atoms in total. The zero-order chi connectivity index (χ0) is 17.6. The molecule has 0 N–H and O–H groups in total. The maximum atomic E-state index is 12.5. The third-order valence-electron chi connectivity index (χ3n) is 4.98. The Kier molecular flexibility index (Phi) is 3.71. The lowest BCUT2D eigenvalue weighted by Crippen LogP contribution is -2.40. The first-order valence-electron chi connectivity index (χ1n) is 8.41. The van der Waals surface area contributed by atoms with Gasteiger partial charge in [-0.3, -0.25) is 4.90 Å². The summed E-state index contributed by atoms with van der Waals surface area (Å²) in [4.78, 5) is 25.4. The third-order valence-corrected chi connectivity index (χ3v) is 4.98. The molecule has 1 aliphatic heterocycles. The SMILES string of the molecule is CC1OC(=O)[C@H](C)N1C(=O)OCC1c2ccccc2-c2ccccc21. The number of benzene rings is 2. The van der Waals surface area contributed by atoms with E-state index in [4.69, 9.17) is 9.47 Å². The van der Waals surface area contributed by atoms with Crippen molar-refractivity contribution in [3.63, 3.8) is 0 Å². The number of rotatable bonds is 2. The van der Waals surface area contributed by atoms with Crippen LogP contribution in [-0.2, 0) is 14.3 Å². The minimum Gasteiger partial charge on any atom is -0.448 e. The smallest absolute Gasteiger partial charge is 0.413 e. The summed E-state index contributed by atoms with van der Waals surface area (Å²) in [5.41, 5.74) is 4.68. The van der Waals surface area contributed by atoms with Gasteiger partial charge in [0.25, 0.3) is 0 Å². The zero-order valence-electron chi connectivity index (χ0n) is 14.1. The summed E-state index contributed by atoms with van der Waals surface area (Å²) in [6.07, 6.45) is -1.12. The van der Waals surface area contributed by atoms with E-state index in [1.807, 2.05) is 24.3 Å². The molecular weight excluding hydrogens is 318 g/mol. The molecule has 1 fully saturated rings. The van der Waals surface area contributed by atoms with Gasteiger partial charge in [0, 0.05) is 5.92 Å². The molecule has 2 atom stereocenters. The molecule has 1 amide bonds. The van der Waals surface area contributed by atoms with Gasteiger partial charge in [0.1, 0.15) is 12.6 Å². The van der Waals surface area contributed by atoms with Gasteiger partial charge in [-0.1, -0.05) is 48.5 Å². The lowest BCUT2D eigenvalue weighted by Gasteiger charge is -2.22. The van der Waals surface area contributed by atoms with Gasteiger partial charge in [0.05, 0.1) is 0 Å². The lowest BCUT2D eigenvalue weighted by atomic mass is 9.98. The van der Waals surface area contributed by atoms with Gasteiger partial charge in [-0.15, -0.1) is 0 Å². The molecule has 25 heavy (non-hydrogen) atoms. The predicted octanol–water partition coefficient (Wildman–Crippen LogP) is 3.53. The number of hydrogen-bond acceptors (Lipinski definition) is 4. The van der Waals surface area contributed by atoms with E-state index in [1.165, 1.54) is 16.0 Å². The second kappa shape index (κ2) is 5.92. The Labute approximate surface area is 146 Å². The highest BCUT2D eigenvalue weighted by molar-refractivity contribution is 5.84. The maximum Gasteiger partial charge on any atom is 0.413 e. The number of esters is 1. The number of amides is 1. The van der Waals surface area contributed by atoms with Crippen molar-refractivity contribution in [2.45, 2.75) is 32.0 Å². The van der Waals surface area contributed by atoms with Crippen LogP contribution in [0.1, 0.15) is 30.9 Å². The van der Waals surface area contributed by atoms with Gasteiger partial charge < -0.3 is 9.47 Å². The summed E-state index contributed by atoms with van der Waals surface area (Å²) in [5, 5.41) is 0. The van der Waals surface area contributed by atoms with Crippen LogP contribution in [0.3, 0.4) is 0 Å². The average Bonchev–Trinajstić information content (AvgIpc) is 3.07. The first kappa shape index (κ1) is 15.7. The lowest BCUT2D eigenvalue weighted by molar-refractivity contribution is -0.141. The molecule has 1 saturated heterocycles. The van der Waals surface area contributed by atoms with E-state index in [2.05, 4.69) is 24.3 Å². The van der Waals surface area contributed by atoms with Crippen LogP contribution in [0, 0.1) is 0 Å². The normalized spacial score (nSPS) is 21.7. The number of hydrogen-bond donors (Lipinski definition) is 0. The molecule has 0 saturated carbocycles. The Balaban J connectivity index is 1.56. The first-order chi connectivity index (χ1) is 12.1. The first-order valence-corrected chi connectivity index (χ1v) is 8.41. The van der Waals surface area contributed by atoms with Gasteiger partial charge in [-0.05, 0) is 36.1 Å². The Morgan fingerprint density at radius 2 is 1.60 bits per heavy atom. The fraction of sp³-hybridized carbons (Fsp3) is 0.300. The Morgan fingerprint density at radius 3 is 2.12 bits per heavy atom. The van der Waals surface area contributed by atoms with Gasteiger partial charge in [-0.2, -0.15) is 0 Å². The van der Waals surface area contributed by atoms with Crippen LogP contribution in [-0.4, -0.2) is 35.8 Å². The highest BCUT2D eigenvalue weighted by atomic mass is 16.6. The van der Waals surface area contributed by atoms with E-state index in [9.17, 15) is 9.59 Å². The number of nitrogens with zero attached hydrogens (tertiary/aromatic N) is 1. The van der Waals surface area contributed by atoms with Gasteiger partial charge >= 0.3 is 12.1 Å². The largest absolute Gasteiger partial charge is 0.448 e. The third kappa shape index (κ3) is 2.47. The van der Waals surface area contributed by atoms with E-state index in [0.717, 1.165) is 11.1 Å². The summed E-state index contributed by atoms with van der Waals surface area (Å²) in [6.45, 7) is 3.55. The molecule has 2 aromatic carbocycles. The topological polar surface area (TPSA) is 55.8 Å².